The fourth-order valence-corrected chi connectivity index (χ4v) is 2.43. The normalized spacial score (nSPS) is 12.2. The molecule has 1 amide bonds. The molecule has 0 saturated heterocycles. The van der Waals surface area contributed by atoms with Crippen molar-refractivity contribution in [2.24, 2.45) is 0 Å². The summed E-state index contributed by atoms with van der Waals surface area (Å²) in [6.45, 7) is 5.92. The van der Waals surface area contributed by atoms with Gasteiger partial charge >= 0.3 is 5.97 Å². The number of nitrogens with one attached hydrogen (secondary N) is 1. The number of carboxylic acid groups (broad SMARTS) is 1. The molecule has 0 saturated carbocycles. The minimum absolute atomic E-state index is 0.0188. The zero-order valence-corrected chi connectivity index (χ0v) is 16.5. The lowest BCUT2D eigenvalue weighted by atomic mass is 10.0. The summed E-state index contributed by atoms with van der Waals surface area (Å²) >= 11 is 0. The van der Waals surface area contributed by atoms with Crippen molar-refractivity contribution < 1.29 is 19.2 Å². The molecule has 0 fully saturated rings. The second-order valence-electron chi connectivity index (χ2n) is 7.89. The van der Waals surface area contributed by atoms with Crippen molar-refractivity contribution in [3.63, 3.8) is 0 Å². The molecule has 0 rings (SSSR count). The van der Waals surface area contributed by atoms with Gasteiger partial charge in [-0.2, -0.15) is 0 Å². The summed E-state index contributed by atoms with van der Waals surface area (Å²) in [5.41, 5.74) is -0.939. The molecule has 0 aliphatic heterocycles. The van der Waals surface area contributed by atoms with E-state index in [0.717, 1.165) is 12.8 Å². The Kier molecular flexibility index (Phi) is 10.9. The molecular weight excluding hydrogens is 304 g/mol. The van der Waals surface area contributed by atoms with Crippen molar-refractivity contribution in [1.29, 1.82) is 0 Å². The van der Waals surface area contributed by atoms with Crippen LogP contribution in [0.4, 0.5) is 0 Å². The molecule has 0 aromatic carbocycles. The van der Waals surface area contributed by atoms with E-state index in [2.05, 4.69) is 12.2 Å². The lowest BCUT2D eigenvalue weighted by Gasteiger charge is -2.41. The summed E-state index contributed by atoms with van der Waals surface area (Å²) in [6.07, 6.45) is 11.6. The van der Waals surface area contributed by atoms with E-state index in [1.165, 1.54) is 44.9 Å². The van der Waals surface area contributed by atoms with Crippen LogP contribution in [0.5, 0.6) is 0 Å². The van der Waals surface area contributed by atoms with Gasteiger partial charge in [-0.15, -0.1) is 0 Å². The Morgan fingerprint density at radius 3 is 1.83 bits per heavy atom. The molecule has 2 N–H and O–H groups in total. The number of rotatable bonds is 14. The summed E-state index contributed by atoms with van der Waals surface area (Å²) in [6, 6.07) is 0. The van der Waals surface area contributed by atoms with Crippen LogP contribution in [0, 0.1) is 0 Å². The Morgan fingerprint density at radius 2 is 1.38 bits per heavy atom. The van der Waals surface area contributed by atoms with Crippen LogP contribution in [0.1, 0.15) is 85.0 Å². The molecule has 0 bridgehead atoms. The van der Waals surface area contributed by atoms with E-state index >= 15 is 0 Å². The van der Waals surface area contributed by atoms with E-state index in [9.17, 15) is 14.7 Å². The molecular formula is C19H39N2O3+. The van der Waals surface area contributed by atoms with Crippen LogP contribution in [-0.2, 0) is 9.59 Å². The third kappa shape index (κ3) is 8.67. The molecule has 0 aromatic heterocycles. The third-order valence-corrected chi connectivity index (χ3v) is 5.22. The maximum Gasteiger partial charge on any atom is 0.365 e. The minimum Gasteiger partial charge on any atom is -0.477 e. The Bertz CT molecular complexity index is 379. The molecule has 0 radical (unpaired) electrons. The van der Waals surface area contributed by atoms with Crippen molar-refractivity contribution in [3.8, 4) is 0 Å². The van der Waals surface area contributed by atoms with Crippen LogP contribution in [0.2, 0.25) is 0 Å². The van der Waals surface area contributed by atoms with Gasteiger partial charge in [0.25, 0.3) is 0 Å². The molecule has 0 aromatic rings. The molecule has 5 nitrogen and oxygen atoms in total. The van der Waals surface area contributed by atoms with Gasteiger partial charge in [-0.1, -0.05) is 58.3 Å². The summed E-state index contributed by atoms with van der Waals surface area (Å²) in [5.74, 6) is -0.842. The number of aliphatic carboxylic acids is 1. The van der Waals surface area contributed by atoms with Crippen molar-refractivity contribution in [1.82, 2.24) is 5.32 Å². The van der Waals surface area contributed by atoms with Crippen LogP contribution in [0.15, 0.2) is 0 Å². The Labute approximate surface area is 148 Å². The Hall–Kier alpha value is -1.10. The highest BCUT2D eigenvalue weighted by atomic mass is 16.4. The van der Waals surface area contributed by atoms with Gasteiger partial charge in [0.05, 0.1) is 14.1 Å². The number of quaternary nitrogens is 1. The summed E-state index contributed by atoms with van der Waals surface area (Å²) < 4.78 is 0.214. The molecule has 0 heterocycles. The second kappa shape index (κ2) is 11.5. The first-order chi connectivity index (χ1) is 11.1. The SMILES string of the molecule is CCCCCCCCCCCC(=O)NC[N+](C)(C)C(C)(C)C(=O)O. The highest BCUT2D eigenvalue weighted by Gasteiger charge is 2.43. The van der Waals surface area contributed by atoms with E-state index in [1.807, 2.05) is 14.1 Å². The number of unbranched alkanes of at least 4 members (excludes halogenated alkanes) is 8. The summed E-state index contributed by atoms with van der Waals surface area (Å²) in [5, 5.41) is 12.2. The predicted molar refractivity (Wildman–Crippen MR) is 98.7 cm³/mol. The quantitative estimate of drug-likeness (QED) is 0.285. The lowest BCUT2D eigenvalue weighted by molar-refractivity contribution is -0.929. The highest BCUT2D eigenvalue weighted by Crippen LogP contribution is 2.19. The van der Waals surface area contributed by atoms with Gasteiger partial charge in [0, 0.05) is 20.3 Å². The fourth-order valence-electron chi connectivity index (χ4n) is 2.43. The molecule has 0 aliphatic carbocycles. The number of nitrogens with zero attached hydrogens (tertiary/aromatic N) is 1. The van der Waals surface area contributed by atoms with Gasteiger partial charge in [-0.25, -0.2) is 4.79 Å². The van der Waals surface area contributed by atoms with Gasteiger partial charge in [0.2, 0.25) is 5.91 Å². The minimum atomic E-state index is -0.939. The summed E-state index contributed by atoms with van der Waals surface area (Å²) in [4.78, 5) is 23.3. The molecule has 24 heavy (non-hydrogen) atoms. The van der Waals surface area contributed by atoms with Crippen molar-refractivity contribution >= 4 is 11.9 Å². The first-order valence-electron chi connectivity index (χ1n) is 9.48. The molecule has 0 unspecified atom stereocenters. The maximum atomic E-state index is 11.9. The smallest absolute Gasteiger partial charge is 0.365 e. The van der Waals surface area contributed by atoms with Gasteiger partial charge in [-0.05, 0) is 6.42 Å². The van der Waals surface area contributed by atoms with Gasteiger partial charge in [-0.3, -0.25) is 9.28 Å². The first-order valence-corrected chi connectivity index (χ1v) is 9.48. The molecule has 0 aliphatic rings. The number of amides is 1. The van der Waals surface area contributed by atoms with Crippen molar-refractivity contribution in [2.75, 3.05) is 20.8 Å². The van der Waals surface area contributed by atoms with Gasteiger partial charge in [0.15, 0.2) is 12.2 Å². The Balaban J connectivity index is 3.79. The average molecular weight is 344 g/mol. The molecule has 142 valence electrons. The number of carbonyl (C=O) groups is 2. The zero-order chi connectivity index (χ0) is 18.6. The lowest BCUT2D eigenvalue weighted by Crippen LogP contribution is -2.63. The Morgan fingerprint density at radius 1 is 0.917 bits per heavy atom. The summed E-state index contributed by atoms with van der Waals surface area (Å²) in [7, 11) is 3.65. The van der Waals surface area contributed by atoms with Crippen LogP contribution in [0.25, 0.3) is 0 Å². The third-order valence-electron chi connectivity index (χ3n) is 5.22. The standard InChI is InChI=1S/C19H38N2O3/c1-6-7-8-9-10-11-12-13-14-15-17(22)20-16-21(4,5)19(2,3)18(23)24/h6-16H2,1-5H3,(H-,20,22,23,24)/p+1. The topological polar surface area (TPSA) is 66.4 Å². The van der Waals surface area contributed by atoms with Crippen LogP contribution in [-0.4, -0.2) is 47.8 Å². The van der Waals surface area contributed by atoms with E-state index in [1.54, 1.807) is 13.8 Å². The molecule has 0 atom stereocenters. The van der Waals surface area contributed by atoms with E-state index in [4.69, 9.17) is 0 Å². The van der Waals surface area contributed by atoms with E-state index in [0.29, 0.717) is 13.1 Å². The average Bonchev–Trinajstić information content (AvgIpc) is 2.51. The highest BCUT2D eigenvalue weighted by molar-refractivity contribution is 5.77. The fraction of sp³-hybridized carbons (Fsp3) is 0.895. The van der Waals surface area contributed by atoms with Gasteiger partial charge in [0.1, 0.15) is 0 Å². The predicted octanol–water partition coefficient (Wildman–Crippen LogP) is 3.92. The number of carboxylic acids is 1. The second-order valence-corrected chi connectivity index (χ2v) is 7.89. The van der Waals surface area contributed by atoms with Crippen molar-refractivity contribution in [3.05, 3.63) is 0 Å². The van der Waals surface area contributed by atoms with Crippen LogP contribution < -0.4 is 5.32 Å². The largest absolute Gasteiger partial charge is 0.477 e. The van der Waals surface area contributed by atoms with E-state index in [-0.39, 0.29) is 10.4 Å². The van der Waals surface area contributed by atoms with Crippen LogP contribution in [0.3, 0.4) is 0 Å². The zero-order valence-electron chi connectivity index (χ0n) is 16.5. The molecule has 5 heteroatoms. The van der Waals surface area contributed by atoms with Crippen LogP contribution >= 0.6 is 0 Å². The first kappa shape index (κ1) is 22.9. The number of hydrogen-bond donors (Lipinski definition) is 2. The number of likely N-dealkylation sites (N-methyl/N-ethyl adjacent to an activating group) is 1. The maximum absolute atomic E-state index is 11.9. The van der Waals surface area contributed by atoms with E-state index < -0.39 is 11.5 Å². The monoisotopic (exact) mass is 343 g/mol. The molecule has 0 spiro atoms. The van der Waals surface area contributed by atoms with Gasteiger partial charge < -0.3 is 10.4 Å². The number of carbonyl (C=O) groups excluding carboxylic acids is 1. The van der Waals surface area contributed by atoms with Crippen molar-refractivity contribution in [2.45, 2.75) is 90.5 Å². The number of hydrogen-bond acceptors (Lipinski definition) is 2.